The molecular weight excluding hydrogens is 381 g/mol. The summed E-state index contributed by atoms with van der Waals surface area (Å²) in [7, 11) is -2.09. The maximum atomic E-state index is 13.1. The Hall–Kier alpha value is -2.84. The average Bonchev–Trinajstić information content (AvgIpc) is 2.73. The summed E-state index contributed by atoms with van der Waals surface area (Å²) in [6.07, 6.45) is 2.16. The highest BCUT2D eigenvalue weighted by Crippen LogP contribution is 2.26. The Labute approximate surface area is 162 Å². The van der Waals surface area contributed by atoms with Crippen molar-refractivity contribution in [2.75, 3.05) is 13.7 Å². The fourth-order valence-corrected chi connectivity index (χ4v) is 4.55. The molecule has 6 nitrogen and oxygen atoms in total. The van der Waals surface area contributed by atoms with Gasteiger partial charge in [-0.1, -0.05) is 0 Å². The predicted octanol–water partition coefficient (Wildman–Crippen LogP) is 3.04. The number of sulfonamides is 1. The van der Waals surface area contributed by atoms with Crippen molar-refractivity contribution in [3.8, 4) is 17.1 Å². The number of aromatic nitrogens is 2. The van der Waals surface area contributed by atoms with Gasteiger partial charge in [-0.05, 0) is 48.5 Å². The van der Waals surface area contributed by atoms with E-state index in [1.807, 2.05) is 24.3 Å². The standard InChI is InChI=1S/C20H18FN3O3S/c1-27-17-6-2-14(3-7-17)20-22-12-15-13-24(11-10-19(15)23-20)28(25,26)18-8-4-16(21)5-9-18/h2-9,12H,10-11,13H2,1H3. The molecule has 0 atom stereocenters. The maximum absolute atomic E-state index is 13.1. The average molecular weight is 399 g/mol. The summed E-state index contributed by atoms with van der Waals surface area (Å²) in [6, 6.07) is 12.3. The molecule has 8 heteroatoms. The number of methoxy groups -OCH3 is 1. The van der Waals surface area contributed by atoms with Gasteiger partial charge < -0.3 is 4.74 Å². The number of nitrogens with zero attached hydrogens (tertiary/aromatic N) is 3. The molecule has 2 aromatic carbocycles. The van der Waals surface area contributed by atoms with Crippen LogP contribution in [0, 0.1) is 5.82 Å². The van der Waals surface area contributed by atoms with Crippen LogP contribution in [0.5, 0.6) is 5.75 Å². The van der Waals surface area contributed by atoms with Gasteiger partial charge in [-0.15, -0.1) is 0 Å². The highest BCUT2D eigenvalue weighted by atomic mass is 32.2. The topological polar surface area (TPSA) is 72.4 Å². The number of hydrogen-bond acceptors (Lipinski definition) is 5. The SMILES string of the molecule is COc1ccc(-c2ncc3c(n2)CCN(S(=O)(=O)c2ccc(F)cc2)C3)cc1. The molecule has 4 rings (SSSR count). The van der Waals surface area contributed by atoms with Crippen LogP contribution in [-0.2, 0) is 23.0 Å². The summed E-state index contributed by atoms with van der Waals surface area (Å²) in [5.41, 5.74) is 2.48. The number of hydrogen-bond donors (Lipinski definition) is 0. The molecule has 2 heterocycles. The van der Waals surface area contributed by atoms with Crippen molar-refractivity contribution in [1.29, 1.82) is 0 Å². The van der Waals surface area contributed by atoms with Crippen molar-refractivity contribution < 1.29 is 17.5 Å². The number of halogens is 1. The van der Waals surface area contributed by atoms with Crippen LogP contribution in [0.3, 0.4) is 0 Å². The molecular formula is C20H18FN3O3S. The smallest absolute Gasteiger partial charge is 0.243 e. The molecule has 0 spiro atoms. The second-order valence-corrected chi connectivity index (χ2v) is 8.37. The molecule has 0 N–H and O–H groups in total. The molecule has 0 fully saturated rings. The Morgan fingerprint density at radius 2 is 1.79 bits per heavy atom. The van der Waals surface area contributed by atoms with Crippen LogP contribution >= 0.6 is 0 Å². The van der Waals surface area contributed by atoms with Gasteiger partial charge in [-0.2, -0.15) is 4.31 Å². The first-order chi connectivity index (χ1) is 13.5. The highest BCUT2D eigenvalue weighted by molar-refractivity contribution is 7.89. The van der Waals surface area contributed by atoms with Crippen LogP contribution in [0.1, 0.15) is 11.3 Å². The van der Waals surface area contributed by atoms with Gasteiger partial charge in [0, 0.05) is 36.8 Å². The molecule has 1 aromatic heterocycles. The van der Waals surface area contributed by atoms with E-state index < -0.39 is 15.8 Å². The van der Waals surface area contributed by atoms with Gasteiger partial charge in [0.25, 0.3) is 0 Å². The van der Waals surface area contributed by atoms with Crippen LogP contribution in [-0.4, -0.2) is 36.3 Å². The molecule has 0 radical (unpaired) electrons. The Bertz CT molecular complexity index is 1100. The molecule has 0 amide bonds. The van der Waals surface area contributed by atoms with Crippen molar-refractivity contribution in [2.45, 2.75) is 17.9 Å². The zero-order valence-corrected chi connectivity index (χ0v) is 16.0. The summed E-state index contributed by atoms with van der Waals surface area (Å²) >= 11 is 0. The molecule has 1 aliphatic heterocycles. The van der Waals surface area contributed by atoms with E-state index in [1.165, 1.54) is 16.4 Å². The van der Waals surface area contributed by atoms with Gasteiger partial charge in [0.05, 0.1) is 17.7 Å². The fraction of sp³-hybridized carbons (Fsp3) is 0.200. The van der Waals surface area contributed by atoms with Gasteiger partial charge in [0.2, 0.25) is 10.0 Å². The first-order valence-electron chi connectivity index (χ1n) is 8.72. The molecule has 1 aliphatic rings. The molecule has 0 aliphatic carbocycles. The van der Waals surface area contributed by atoms with Gasteiger partial charge in [-0.25, -0.2) is 22.8 Å². The third-order valence-corrected chi connectivity index (χ3v) is 6.56. The summed E-state index contributed by atoms with van der Waals surface area (Å²) in [5, 5.41) is 0. The minimum atomic E-state index is -3.69. The Morgan fingerprint density at radius 3 is 2.46 bits per heavy atom. The molecule has 0 saturated carbocycles. The Morgan fingerprint density at radius 1 is 1.07 bits per heavy atom. The van der Waals surface area contributed by atoms with Crippen LogP contribution in [0.4, 0.5) is 4.39 Å². The van der Waals surface area contributed by atoms with E-state index in [4.69, 9.17) is 4.74 Å². The zero-order chi connectivity index (χ0) is 19.7. The summed E-state index contributed by atoms with van der Waals surface area (Å²) in [5.74, 6) is 0.877. The van der Waals surface area contributed by atoms with Gasteiger partial charge in [0.1, 0.15) is 11.6 Å². The lowest BCUT2D eigenvalue weighted by molar-refractivity contribution is 0.387. The lowest BCUT2D eigenvalue weighted by atomic mass is 10.1. The van der Waals surface area contributed by atoms with E-state index in [2.05, 4.69) is 9.97 Å². The minimum absolute atomic E-state index is 0.0770. The second-order valence-electron chi connectivity index (χ2n) is 6.44. The van der Waals surface area contributed by atoms with Crippen molar-refractivity contribution in [1.82, 2.24) is 14.3 Å². The molecule has 28 heavy (non-hydrogen) atoms. The van der Waals surface area contributed by atoms with Gasteiger partial charge in [0.15, 0.2) is 5.82 Å². The van der Waals surface area contributed by atoms with Crippen LogP contribution in [0.2, 0.25) is 0 Å². The summed E-state index contributed by atoms with van der Waals surface area (Å²) in [4.78, 5) is 9.09. The van der Waals surface area contributed by atoms with E-state index in [0.29, 0.717) is 18.8 Å². The molecule has 144 valence electrons. The van der Waals surface area contributed by atoms with Crippen LogP contribution < -0.4 is 4.74 Å². The molecule has 0 unspecified atom stereocenters. The number of ether oxygens (including phenoxy) is 1. The fourth-order valence-electron chi connectivity index (χ4n) is 3.13. The normalized spacial score (nSPS) is 14.5. The van der Waals surface area contributed by atoms with E-state index in [0.717, 1.165) is 34.7 Å². The van der Waals surface area contributed by atoms with E-state index in [-0.39, 0.29) is 11.4 Å². The van der Waals surface area contributed by atoms with Crippen molar-refractivity contribution in [3.05, 3.63) is 71.8 Å². The maximum Gasteiger partial charge on any atom is 0.243 e. The third kappa shape index (κ3) is 3.48. The first-order valence-corrected chi connectivity index (χ1v) is 10.2. The van der Waals surface area contributed by atoms with Crippen LogP contribution in [0.15, 0.2) is 59.6 Å². The highest BCUT2D eigenvalue weighted by Gasteiger charge is 2.29. The Balaban J connectivity index is 1.58. The monoisotopic (exact) mass is 399 g/mol. The van der Waals surface area contributed by atoms with E-state index in [1.54, 1.807) is 13.3 Å². The summed E-state index contributed by atoms with van der Waals surface area (Å²) in [6.45, 7) is 0.504. The number of fused-ring (bicyclic) bond motifs is 1. The van der Waals surface area contributed by atoms with Crippen molar-refractivity contribution >= 4 is 10.0 Å². The van der Waals surface area contributed by atoms with Crippen LogP contribution in [0.25, 0.3) is 11.4 Å². The predicted molar refractivity (Wildman–Crippen MR) is 102 cm³/mol. The molecule has 0 saturated heterocycles. The lowest BCUT2D eigenvalue weighted by Crippen LogP contribution is -2.36. The number of rotatable bonds is 4. The number of benzene rings is 2. The van der Waals surface area contributed by atoms with Gasteiger partial charge in [-0.3, -0.25) is 0 Å². The minimum Gasteiger partial charge on any atom is -0.497 e. The zero-order valence-electron chi connectivity index (χ0n) is 15.2. The lowest BCUT2D eigenvalue weighted by Gasteiger charge is -2.27. The van der Waals surface area contributed by atoms with Crippen molar-refractivity contribution in [2.24, 2.45) is 0 Å². The Kier molecular flexibility index (Phi) is 4.82. The second kappa shape index (κ2) is 7.29. The first kappa shape index (κ1) is 18.5. The molecule has 3 aromatic rings. The van der Waals surface area contributed by atoms with Crippen molar-refractivity contribution in [3.63, 3.8) is 0 Å². The van der Waals surface area contributed by atoms with E-state index in [9.17, 15) is 12.8 Å². The molecule has 0 bridgehead atoms. The summed E-state index contributed by atoms with van der Waals surface area (Å²) < 4.78 is 45.3. The quantitative estimate of drug-likeness (QED) is 0.674. The third-order valence-electron chi connectivity index (χ3n) is 4.70. The van der Waals surface area contributed by atoms with Gasteiger partial charge >= 0.3 is 0 Å². The largest absolute Gasteiger partial charge is 0.497 e. The van der Waals surface area contributed by atoms with E-state index >= 15 is 0 Å².